The first-order valence-corrected chi connectivity index (χ1v) is 5.96. The first-order valence-electron chi connectivity index (χ1n) is 5.96. The second kappa shape index (κ2) is 4.56. The van der Waals surface area contributed by atoms with Gasteiger partial charge in [-0.15, -0.1) is 0 Å². The Morgan fingerprint density at radius 1 is 1.38 bits per heavy atom. The standard InChI is InChI=1S/C14H20O2/c1-9-4-5-12(11(3)8-9)13(15)14-10(2)6-7-16-14/h4-5,8,10,13-15H,6-7H2,1-3H3. The molecule has 0 bridgehead atoms. The molecule has 1 aromatic carbocycles. The molecule has 1 saturated heterocycles. The van der Waals surface area contributed by atoms with Crippen LogP contribution in [0.25, 0.3) is 0 Å². The summed E-state index contributed by atoms with van der Waals surface area (Å²) in [5, 5.41) is 10.3. The van der Waals surface area contributed by atoms with Crippen LogP contribution in [0.4, 0.5) is 0 Å². The minimum Gasteiger partial charge on any atom is -0.386 e. The number of aliphatic hydroxyl groups excluding tert-OH is 1. The van der Waals surface area contributed by atoms with Crippen LogP contribution in [0.3, 0.4) is 0 Å². The molecule has 88 valence electrons. The Morgan fingerprint density at radius 2 is 2.12 bits per heavy atom. The van der Waals surface area contributed by atoms with Crippen LogP contribution in [-0.2, 0) is 4.74 Å². The van der Waals surface area contributed by atoms with Gasteiger partial charge in [0.05, 0.1) is 6.10 Å². The fourth-order valence-electron chi connectivity index (χ4n) is 2.46. The van der Waals surface area contributed by atoms with Crippen molar-refractivity contribution in [2.75, 3.05) is 6.61 Å². The lowest BCUT2D eigenvalue weighted by atomic mass is 9.92. The number of aliphatic hydroxyl groups is 1. The Kier molecular flexibility index (Phi) is 3.31. The van der Waals surface area contributed by atoms with E-state index >= 15 is 0 Å². The summed E-state index contributed by atoms with van der Waals surface area (Å²) in [4.78, 5) is 0. The molecule has 1 aliphatic rings. The molecule has 0 amide bonds. The Balaban J connectivity index is 2.23. The van der Waals surface area contributed by atoms with Gasteiger partial charge >= 0.3 is 0 Å². The van der Waals surface area contributed by atoms with Gasteiger partial charge in [-0.25, -0.2) is 0 Å². The van der Waals surface area contributed by atoms with Crippen LogP contribution in [0.5, 0.6) is 0 Å². The maximum absolute atomic E-state index is 10.3. The van der Waals surface area contributed by atoms with Crippen molar-refractivity contribution in [3.8, 4) is 0 Å². The molecule has 3 unspecified atom stereocenters. The second-order valence-electron chi connectivity index (χ2n) is 4.91. The summed E-state index contributed by atoms with van der Waals surface area (Å²) in [7, 11) is 0. The Morgan fingerprint density at radius 3 is 2.69 bits per heavy atom. The molecule has 3 atom stereocenters. The number of aryl methyl sites for hydroxylation is 2. The van der Waals surface area contributed by atoms with Gasteiger partial charge < -0.3 is 9.84 Å². The predicted molar refractivity (Wildman–Crippen MR) is 64.4 cm³/mol. The average Bonchev–Trinajstić information content (AvgIpc) is 2.63. The summed E-state index contributed by atoms with van der Waals surface area (Å²) < 4.78 is 5.62. The van der Waals surface area contributed by atoms with Gasteiger partial charge in [-0.2, -0.15) is 0 Å². The van der Waals surface area contributed by atoms with E-state index < -0.39 is 6.10 Å². The average molecular weight is 220 g/mol. The van der Waals surface area contributed by atoms with E-state index in [9.17, 15) is 5.11 Å². The highest BCUT2D eigenvalue weighted by atomic mass is 16.5. The molecule has 0 aliphatic carbocycles. The van der Waals surface area contributed by atoms with Crippen molar-refractivity contribution in [2.24, 2.45) is 5.92 Å². The predicted octanol–water partition coefficient (Wildman–Crippen LogP) is 2.76. The van der Waals surface area contributed by atoms with Crippen molar-refractivity contribution >= 4 is 0 Å². The third-order valence-corrected chi connectivity index (χ3v) is 3.50. The summed E-state index contributed by atoms with van der Waals surface area (Å²) in [6.07, 6.45) is 0.520. The van der Waals surface area contributed by atoms with Crippen LogP contribution < -0.4 is 0 Å². The molecule has 2 nitrogen and oxygen atoms in total. The Hall–Kier alpha value is -0.860. The van der Waals surface area contributed by atoms with Crippen LogP contribution in [0.15, 0.2) is 18.2 Å². The van der Waals surface area contributed by atoms with Gasteiger partial charge in [0.15, 0.2) is 0 Å². The third-order valence-electron chi connectivity index (χ3n) is 3.50. The number of hydrogen-bond donors (Lipinski definition) is 1. The number of rotatable bonds is 2. The highest BCUT2D eigenvalue weighted by Gasteiger charge is 2.32. The van der Waals surface area contributed by atoms with Crippen LogP contribution in [0, 0.1) is 19.8 Å². The van der Waals surface area contributed by atoms with Gasteiger partial charge in [0.25, 0.3) is 0 Å². The minimum atomic E-state index is -0.488. The number of benzene rings is 1. The molecule has 0 saturated carbocycles. The lowest BCUT2D eigenvalue weighted by molar-refractivity contribution is -0.0180. The van der Waals surface area contributed by atoms with Crippen molar-refractivity contribution in [3.05, 3.63) is 34.9 Å². The summed E-state index contributed by atoms with van der Waals surface area (Å²) in [5.74, 6) is 0.440. The van der Waals surface area contributed by atoms with E-state index in [1.54, 1.807) is 0 Å². The molecule has 1 fully saturated rings. The SMILES string of the molecule is Cc1ccc(C(O)C2OCCC2C)c(C)c1. The Labute approximate surface area is 97.3 Å². The molecule has 1 heterocycles. The molecule has 1 N–H and O–H groups in total. The number of hydrogen-bond acceptors (Lipinski definition) is 2. The van der Waals surface area contributed by atoms with Gasteiger partial charge in [0, 0.05) is 6.61 Å². The molecule has 1 aromatic rings. The van der Waals surface area contributed by atoms with Gasteiger partial charge in [-0.05, 0) is 37.3 Å². The van der Waals surface area contributed by atoms with Gasteiger partial charge in [0.1, 0.15) is 6.10 Å². The van der Waals surface area contributed by atoms with Crippen molar-refractivity contribution in [2.45, 2.75) is 39.4 Å². The lowest BCUT2D eigenvalue weighted by Gasteiger charge is -2.23. The first-order chi connectivity index (χ1) is 7.59. The second-order valence-corrected chi connectivity index (χ2v) is 4.91. The monoisotopic (exact) mass is 220 g/mol. The summed E-state index contributed by atoms with van der Waals surface area (Å²) in [6, 6.07) is 6.17. The fraction of sp³-hybridized carbons (Fsp3) is 0.571. The zero-order valence-electron chi connectivity index (χ0n) is 10.2. The van der Waals surface area contributed by atoms with Crippen molar-refractivity contribution in [1.29, 1.82) is 0 Å². The van der Waals surface area contributed by atoms with Crippen LogP contribution in [-0.4, -0.2) is 17.8 Å². The molecule has 16 heavy (non-hydrogen) atoms. The summed E-state index contributed by atoms with van der Waals surface area (Å²) in [6.45, 7) is 7.03. The van der Waals surface area contributed by atoms with Crippen LogP contribution >= 0.6 is 0 Å². The quantitative estimate of drug-likeness (QED) is 0.830. The van der Waals surface area contributed by atoms with E-state index in [0.717, 1.165) is 24.2 Å². The van der Waals surface area contributed by atoms with Gasteiger partial charge in [0.2, 0.25) is 0 Å². The van der Waals surface area contributed by atoms with E-state index in [-0.39, 0.29) is 6.10 Å². The molecule has 0 radical (unpaired) electrons. The van der Waals surface area contributed by atoms with E-state index in [0.29, 0.717) is 5.92 Å². The normalized spacial score (nSPS) is 27.0. The smallest absolute Gasteiger partial charge is 0.106 e. The molecular formula is C14H20O2. The molecule has 2 rings (SSSR count). The zero-order valence-corrected chi connectivity index (χ0v) is 10.2. The molecular weight excluding hydrogens is 200 g/mol. The van der Waals surface area contributed by atoms with Crippen LogP contribution in [0.2, 0.25) is 0 Å². The van der Waals surface area contributed by atoms with Gasteiger partial charge in [-0.1, -0.05) is 30.7 Å². The Bertz CT molecular complexity index is 373. The highest BCUT2D eigenvalue weighted by molar-refractivity contribution is 5.32. The largest absolute Gasteiger partial charge is 0.386 e. The van der Waals surface area contributed by atoms with E-state index in [2.05, 4.69) is 19.9 Å². The third kappa shape index (κ3) is 2.13. The van der Waals surface area contributed by atoms with Gasteiger partial charge in [-0.3, -0.25) is 0 Å². The zero-order chi connectivity index (χ0) is 11.7. The maximum atomic E-state index is 10.3. The molecule has 1 aliphatic heterocycles. The van der Waals surface area contributed by atoms with Crippen molar-refractivity contribution < 1.29 is 9.84 Å². The molecule has 0 spiro atoms. The number of ether oxygens (including phenoxy) is 1. The van der Waals surface area contributed by atoms with Crippen LogP contribution in [0.1, 0.15) is 36.1 Å². The summed E-state index contributed by atoms with van der Waals surface area (Å²) in [5.41, 5.74) is 3.38. The molecule has 0 aromatic heterocycles. The first kappa shape index (κ1) is 11.6. The highest BCUT2D eigenvalue weighted by Crippen LogP contribution is 2.32. The topological polar surface area (TPSA) is 29.5 Å². The van der Waals surface area contributed by atoms with E-state index in [1.165, 1.54) is 5.56 Å². The van der Waals surface area contributed by atoms with E-state index in [4.69, 9.17) is 4.74 Å². The maximum Gasteiger partial charge on any atom is 0.106 e. The minimum absolute atomic E-state index is 0.0404. The van der Waals surface area contributed by atoms with Crippen molar-refractivity contribution in [3.63, 3.8) is 0 Å². The fourth-order valence-corrected chi connectivity index (χ4v) is 2.46. The molecule has 2 heteroatoms. The van der Waals surface area contributed by atoms with Crippen molar-refractivity contribution in [1.82, 2.24) is 0 Å². The summed E-state index contributed by atoms with van der Waals surface area (Å²) >= 11 is 0. The lowest BCUT2D eigenvalue weighted by Crippen LogP contribution is -2.23. The van der Waals surface area contributed by atoms with E-state index in [1.807, 2.05) is 19.1 Å².